The average molecular weight is 476 g/mol. The van der Waals surface area contributed by atoms with E-state index in [0.29, 0.717) is 30.4 Å². The third-order valence-electron chi connectivity index (χ3n) is 7.33. The molecule has 1 aliphatic heterocycles. The van der Waals surface area contributed by atoms with Crippen molar-refractivity contribution in [2.24, 2.45) is 11.8 Å². The van der Waals surface area contributed by atoms with E-state index in [1.807, 2.05) is 25.1 Å². The molecule has 182 valence electrons. The van der Waals surface area contributed by atoms with Crippen molar-refractivity contribution in [3.8, 4) is 17.0 Å². The van der Waals surface area contributed by atoms with Crippen LogP contribution < -0.4 is 4.74 Å². The predicted molar refractivity (Wildman–Crippen MR) is 131 cm³/mol. The highest BCUT2D eigenvalue weighted by Crippen LogP contribution is 2.47. The highest BCUT2D eigenvalue weighted by molar-refractivity contribution is 5.73. The van der Waals surface area contributed by atoms with Crippen LogP contribution in [0.1, 0.15) is 54.0 Å². The highest BCUT2D eigenvalue weighted by atomic mass is 19.1. The van der Waals surface area contributed by atoms with E-state index in [0.717, 1.165) is 40.7 Å². The van der Waals surface area contributed by atoms with Crippen LogP contribution >= 0.6 is 0 Å². The number of carbonyl (C=O) groups is 1. The van der Waals surface area contributed by atoms with Gasteiger partial charge in [0.1, 0.15) is 5.82 Å². The standard InChI is InChI=1S/C29H30FNO4/c1-17(29(32)34-3)28(18-4-5-18)21-6-7-22-16-35-26(14-23(22)12-21)24-9-8-19(13-25(24)30)20-10-11-31-27(15-20)33-2/h6-13,15,17-18,26,28H,4-5,14,16H2,1-3H3/t17-,26-,28-/m0/s1. The van der Waals surface area contributed by atoms with Gasteiger partial charge in [-0.3, -0.25) is 4.79 Å². The number of halogens is 1. The minimum Gasteiger partial charge on any atom is -0.481 e. The molecule has 0 radical (unpaired) electrons. The summed E-state index contributed by atoms with van der Waals surface area (Å²) in [5, 5.41) is 0. The number of ether oxygens (including phenoxy) is 3. The molecular weight excluding hydrogens is 445 g/mol. The van der Waals surface area contributed by atoms with E-state index < -0.39 is 0 Å². The smallest absolute Gasteiger partial charge is 0.309 e. The van der Waals surface area contributed by atoms with Crippen molar-refractivity contribution >= 4 is 5.97 Å². The number of carbonyl (C=O) groups excluding carboxylic acids is 1. The van der Waals surface area contributed by atoms with E-state index in [2.05, 4.69) is 23.2 Å². The largest absolute Gasteiger partial charge is 0.481 e. The van der Waals surface area contributed by atoms with E-state index in [1.165, 1.54) is 7.11 Å². The predicted octanol–water partition coefficient (Wildman–Crippen LogP) is 6.01. The number of rotatable bonds is 7. The molecule has 5 nitrogen and oxygen atoms in total. The number of methoxy groups -OCH3 is 2. The zero-order valence-corrected chi connectivity index (χ0v) is 20.3. The Kier molecular flexibility index (Phi) is 6.56. The molecule has 35 heavy (non-hydrogen) atoms. The third-order valence-corrected chi connectivity index (χ3v) is 7.33. The Morgan fingerprint density at radius 1 is 1.06 bits per heavy atom. The zero-order chi connectivity index (χ0) is 24.5. The first-order chi connectivity index (χ1) is 17.0. The molecule has 2 heterocycles. The van der Waals surface area contributed by atoms with E-state index in [1.54, 1.807) is 25.4 Å². The second kappa shape index (κ2) is 9.78. The quantitative estimate of drug-likeness (QED) is 0.392. The molecule has 0 saturated heterocycles. The van der Waals surface area contributed by atoms with Gasteiger partial charge >= 0.3 is 5.97 Å². The van der Waals surface area contributed by atoms with Crippen LogP contribution in [-0.2, 0) is 27.3 Å². The molecule has 1 aromatic heterocycles. The fourth-order valence-electron chi connectivity index (χ4n) is 5.26. The normalized spacial score (nSPS) is 18.9. The molecule has 6 heteroatoms. The van der Waals surface area contributed by atoms with Crippen molar-refractivity contribution < 1.29 is 23.4 Å². The summed E-state index contributed by atoms with van der Waals surface area (Å²) in [5.41, 5.74) is 5.58. The lowest BCUT2D eigenvalue weighted by molar-refractivity contribution is -0.145. The van der Waals surface area contributed by atoms with Crippen LogP contribution in [0.4, 0.5) is 4.39 Å². The molecule has 0 spiro atoms. The SMILES string of the molecule is COC(=O)[C@@H](C)[C@H](c1ccc2c(c1)C[C@@H](c1ccc(-c3ccnc(OC)c3)cc1F)OC2)C1CC1. The van der Waals surface area contributed by atoms with Crippen molar-refractivity contribution in [1.82, 2.24) is 4.98 Å². The Balaban J connectivity index is 1.39. The van der Waals surface area contributed by atoms with Crippen molar-refractivity contribution in [3.63, 3.8) is 0 Å². The summed E-state index contributed by atoms with van der Waals surface area (Å²) in [6.07, 6.45) is 4.14. The molecule has 2 aliphatic rings. The van der Waals surface area contributed by atoms with Gasteiger partial charge in [0.05, 0.1) is 32.8 Å². The summed E-state index contributed by atoms with van der Waals surface area (Å²) in [6, 6.07) is 15.3. The van der Waals surface area contributed by atoms with Gasteiger partial charge in [-0.15, -0.1) is 0 Å². The summed E-state index contributed by atoms with van der Waals surface area (Å²) < 4.78 is 31.6. The maximum Gasteiger partial charge on any atom is 0.309 e. The summed E-state index contributed by atoms with van der Waals surface area (Å²) in [7, 11) is 3.00. The Labute approximate surface area is 205 Å². The monoisotopic (exact) mass is 475 g/mol. The van der Waals surface area contributed by atoms with Crippen molar-refractivity contribution in [1.29, 1.82) is 0 Å². The Morgan fingerprint density at radius 2 is 1.86 bits per heavy atom. The lowest BCUT2D eigenvalue weighted by atomic mass is 9.81. The van der Waals surface area contributed by atoms with Gasteiger partial charge in [0, 0.05) is 24.2 Å². The Hall–Kier alpha value is -3.25. The van der Waals surface area contributed by atoms with E-state index >= 15 is 4.39 Å². The number of pyridine rings is 1. The van der Waals surface area contributed by atoms with E-state index in [-0.39, 0.29) is 29.7 Å². The highest BCUT2D eigenvalue weighted by Gasteiger charge is 2.39. The van der Waals surface area contributed by atoms with E-state index in [4.69, 9.17) is 14.2 Å². The van der Waals surface area contributed by atoms with Crippen LogP contribution in [0, 0.1) is 17.7 Å². The first-order valence-corrected chi connectivity index (χ1v) is 12.1. The lowest BCUT2D eigenvalue weighted by Crippen LogP contribution is -2.23. The van der Waals surface area contributed by atoms with Crippen LogP contribution in [0.5, 0.6) is 5.88 Å². The number of hydrogen-bond acceptors (Lipinski definition) is 5. The van der Waals surface area contributed by atoms with Gasteiger partial charge in [0.15, 0.2) is 0 Å². The molecule has 0 N–H and O–H groups in total. The minimum atomic E-state index is -0.365. The molecule has 3 atom stereocenters. The molecule has 1 fully saturated rings. The maximum atomic E-state index is 15.3. The van der Waals surface area contributed by atoms with Gasteiger partial charge in [-0.1, -0.05) is 37.3 Å². The molecule has 5 rings (SSSR count). The molecular formula is C29H30FNO4. The van der Waals surface area contributed by atoms with Crippen LogP contribution in [0.15, 0.2) is 54.7 Å². The first-order valence-electron chi connectivity index (χ1n) is 12.1. The van der Waals surface area contributed by atoms with Gasteiger partial charge in [-0.05, 0) is 64.6 Å². The fraction of sp³-hybridized carbons (Fsp3) is 0.379. The van der Waals surface area contributed by atoms with Crippen LogP contribution in [0.2, 0.25) is 0 Å². The Morgan fingerprint density at radius 3 is 2.57 bits per heavy atom. The van der Waals surface area contributed by atoms with Gasteiger partial charge < -0.3 is 14.2 Å². The zero-order valence-electron chi connectivity index (χ0n) is 20.3. The molecule has 3 aromatic rings. The second-order valence-corrected chi connectivity index (χ2v) is 9.53. The van der Waals surface area contributed by atoms with Crippen molar-refractivity contribution in [2.45, 2.75) is 44.8 Å². The molecule has 0 amide bonds. The summed E-state index contributed by atoms with van der Waals surface area (Å²) >= 11 is 0. The number of esters is 1. The molecule has 1 saturated carbocycles. The summed E-state index contributed by atoms with van der Waals surface area (Å²) in [6.45, 7) is 2.39. The number of benzene rings is 2. The van der Waals surface area contributed by atoms with E-state index in [9.17, 15) is 4.79 Å². The maximum absolute atomic E-state index is 15.3. The molecule has 1 aliphatic carbocycles. The van der Waals surface area contributed by atoms with Crippen LogP contribution in [0.25, 0.3) is 11.1 Å². The van der Waals surface area contributed by atoms with Gasteiger partial charge in [0.25, 0.3) is 0 Å². The second-order valence-electron chi connectivity index (χ2n) is 9.53. The van der Waals surface area contributed by atoms with Crippen LogP contribution in [0.3, 0.4) is 0 Å². The number of hydrogen-bond donors (Lipinski definition) is 0. The van der Waals surface area contributed by atoms with Crippen molar-refractivity contribution in [2.75, 3.05) is 14.2 Å². The number of aromatic nitrogens is 1. The lowest BCUT2D eigenvalue weighted by Gasteiger charge is -2.29. The first kappa shape index (κ1) is 23.5. The van der Waals surface area contributed by atoms with Gasteiger partial charge in [-0.2, -0.15) is 0 Å². The summed E-state index contributed by atoms with van der Waals surface area (Å²) in [4.78, 5) is 16.4. The van der Waals surface area contributed by atoms with Gasteiger partial charge in [-0.25, -0.2) is 9.37 Å². The molecule has 2 aromatic carbocycles. The third kappa shape index (κ3) is 4.80. The molecule has 0 bridgehead atoms. The van der Waals surface area contributed by atoms with Crippen molar-refractivity contribution in [3.05, 3.63) is 82.8 Å². The van der Waals surface area contributed by atoms with Crippen LogP contribution in [-0.4, -0.2) is 25.2 Å². The molecule has 0 unspecified atom stereocenters. The number of nitrogens with zero attached hydrogens (tertiary/aromatic N) is 1. The Bertz CT molecular complexity index is 1240. The average Bonchev–Trinajstić information content (AvgIpc) is 3.73. The minimum absolute atomic E-state index is 0.141. The van der Waals surface area contributed by atoms with Gasteiger partial charge in [0.2, 0.25) is 5.88 Å². The summed E-state index contributed by atoms with van der Waals surface area (Å²) in [5.74, 6) is 0.476. The topological polar surface area (TPSA) is 57.7 Å². The fourth-order valence-corrected chi connectivity index (χ4v) is 5.26. The number of fused-ring (bicyclic) bond motifs is 1.